The van der Waals surface area contributed by atoms with Crippen LogP contribution in [0.1, 0.15) is 0 Å². The summed E-state index contributed by atoms with van der Waals surface area (Å²) in [6, 6.07) is 14.0. The van der Waals surface area contributed by atoms with Gasteiger partial charge in [-0.1, -0.05) is 42.1 Å². The maximum absolute atomic E-state index is 11.8. The number of carbonyl (C=O) groups excluding carboxylic acids is 2. The van der Waals surface area contributed by atoms with Crippen LogP contribution in [0.4, 0.5) is 4.79 Å². The minimum absolute atomic E-state index is 0.0208. The number of rotatable bonds is 6. The van der Waals surface area contributed by atoms with Gasteiger partial charge in [-0.3, -0.25) is 9.59 Å². The smallest absolute Gasteiger partial charge is 0.282 e. The van der Waals surface area contributed by atoms with Gasteiger partial charge < -0.3 is 15.0 Å². The van der Waals surface area contributed by atoms with Crippen LogP contribution in [0.15, 0.2) is 42.5 Å². The molecule has 1 aliphatic heterocycles. The molecule has 5 nitrogen and oxygen atoms in total. The van der Waals surface area contributed by atoms with Crippen LogP contribution < -0.4 is 10.1 Å². The first-order chi connectivity index (χ1) is 11.2. The number of benzene rings is 2. The Kier molecular flexibility index (Phi) is 5.02. The highest BCUT2D eigenvalue weighted by Crippen LogP contribution is 2.20. The highest BCUT2D eigenvalue weighted by atomic mass is 32.2. The zero-order valence-corrected chi connectivity index (χ0v) is 13.5. The monoisotopic (exact) mass is 330 g/mol. The molecule has 0 radical (unpaired) electrons. The zero-order chi connectivity index (χ0) is 16.1. The van der Waals surface area contributed by atoms with E-state index >= 15 is 0 Å². The van der Waals surface area contributed by atoms with Crippen molar-refractivity contribution in [1.82, 2.24) is 10.2 Å². The average molecular weight is 330 g/mol. The molecule has 120 valence electrons. The molecule has 1 N–H and O–H groups in total. The molecule has 1 aliphatic rings. The first-order valence-electron chi connectivity index (χ1n) is 7.52. The van der Waals surface area contributed by atoms with E-state index in [-0.39, 0.29) is 17.7 Å². The topological polar surface area (TPSA) is 58.6 Å². The molecule has 6 heteroatoms. The molecule has 0 atom stereocenters. The van der Waals surface area contributed by atoms with Gasteiger partial charge in [-0.15, -0.1) is 0 Å². The molecular weight excluding hydrogens is 312 g/mol. The lowest BCUT2D eigenvalue weighted by atomic mass is 10.1. The molecule has 1 saturated heterocycles. The van der Waals surface area contributed by atoms with Crippen molar-refractivity contribution in [3.63, 3.8) is 0 Å². The van der Waals surface area contributed by atoms with Gasteiger partial charge in [0.15, 0.2) is 0 Å². The largest absolute Gasteiger partial charge is 0.492 e. The number of ether oxygens (including phenoxy) is 1. The lowest BCUT2D eigenvalue weighted by Gasteiger charge is -2.14. The van der Waals surface area contributed by atoms with Crippen molar-refractivity contribution in [3.8, 4) is 5.75 Å². The first kappa shape index (κ1) is 15.7. The zero-order valence-electron chi connectivity index (χ0n) is 12.7. The van der Waals surface area contributed by atoms with Gasteiger partial charge >= 0.3 is 0 Å². The van der Waals surface area contributed by atoms with Crippen LogP contribution in [0.5, 0.6) is 5.75 Å². The summed E-state index contributed by atoms with van der Waals surface area (Å²) in [6.45, 7) is 1.58. The summed E-state index contributed by atoms with van der Waals surface area (Å²) in [6.07, 6.45) is 0. The highest BCUT2D eigenvalue weighted by Gasteiger charge is 2.22. The summed E-state index contributed by atoms with van der Waals surface area (Å²) in [5.74, 6) is 1.39. The highest BCUT2D eigenvalue weighted by molar-refractivity contribution is 8.13. The van der Waals surface area contributed by atoms with Crippen LogP contribution in [0, 0.1) is 0 Å². The summed E-state index contributed by atoms with van der Waals surface area (Å²) in [7, 11) is 0. The fourth-order valence-corrected chi connectivity index (χ4v) is 3.24. The Morgan fingerprint density at radius 1 is 1.22 bits per heavy atom. The van der Waals surface area contributed by atoms with E-state index in [1.54, 1.807) is 4.90 Å². The van der Waals surface area contributed by atoms with E-state index in [1.165, 1.54) is 17.1 Å². The molecule has 1 heterocycles. The van der Waals surface area contributed by atoms with E-state index in [4.69, 9.17) is 4.74 Å². The van der Waals surface area contributed by atoms with Crippen molar-refractivity contribution in [1.29, 1.82) is 0 Å². The van der Waals surface area contributed by atoms with E-state index < -0.39 is 0 Å². The van der Waals surface area contributed by atoms with Gasteiger partial charge in [0.2, 0.25) is 5.91 Å². The standard InChI is InChI=1S/C17H18N2O3S/c20-16(12-19-8-10-23-17(19)21)18-7-9-22-15-6-5-13-3-1-2-4-14(13)11-15/h1-6,11H,7-10,12H2,(H,18,20). The number of nitrogens with zero attached hydrogens (tertiary/aromatic N) is 1. The summed E-state index contributed by atoms with van der Waals surface area (Å²) < 4.78 is 5.66. The summed E-state index contributed by atoms with van der Waals surface area (Å²) in [5, 5.41) is 5.04. The molecule has 0 aliphatic carbocycles. The van der Waals surface area contributed by atoms with Gasteiger partial charge in [0.25, 0.3) is 5.24 Å². The van der Waals surface area contributed by atoms with E-state index in [0.29, 0.717) is 19.7 Å². The van der Waals surface area contributed by atoms with E-state index in [2.05, 4.69) is 11.4 Å². The van der Waals surface area contributed by atoms with Crippen LogP contribution >= 0.6 is 11.8 Å². The Labute approximate surface area is 139 Å². The predicted molar refractivity (Wildman–Crippen MR) is 91.9 cm³/mol. The van der Waals surface area contributed by atoms with Crippen LogP contribution in [0.3, 0.4) is 0 Å². The van der Waals surface area contributed by atoms with Crippen molar-refractivity contribution < 1.29 is 14.3 Å². The lowest BCUT2D eigenvalue weighted by molar-refractivity contribution is -0.121. The molecule has 23 heavy (non-hydrogen) atoms. The molecule has 0 saturated carbocycles. The van der Waals surface area contributed by atoms with E-state index in [0.717, 1.165) is 16.9 Å². The van der Waals surface area contributed by atoms with Crippen molar-refractivity contribution in [2.24, 2.45) is 0 Å². The number of thioether (sulfide) groups is 1. The Balaban J connectivity index is 1.42. The van der Waals surface area contributed by atoms with Gasteiger partial charge in [-0.2, -0.15) is 0 Å². The lowest BCUT2D eigenvalue weighted by Crippen LogP contribution is -2.38. The predicted octanol–water partition coefficient (Wildman–Crippen LogP) is 2.50. The Bertz CT molecular complexity index is 720. The second-order valence-electron chi connectivity index (χ2n) is 5.24. The third kappa shape index (κ3) is 4.16. The fourth-order valence-electron chi connectivity index (χ4n) is 2.42. The van der Waals surface area contributed by atoms with E-state index in [9.17, 15) is 9.59 Å². The molecule has 0 unspecified atom stereocenters. The third-order valence-electron chi connectivity index (χ3n) is 3.59. The average Bonchev–Trinajstić information content (AvgIpc) is 2.96. The van der Waals surface area contributed by atoms with Gasteiger partial charge in [-0.05, 0) is 22.9 Å². The van der Waals surface area contributed by atoms with Crippen LogP contribution in [0.2, 0.25) is 0 Å². The van der Waals surface area contributed by atoms with Crippen molar-refractivity contribution in [2.75, 3.05) is 32.0 Å². The van der Waals surface area contributed by atoms with E-state index in [1.807, 2.05) is 36.4 Å². The summed E-state index contributed by atoms with van der Waals surface area (Å²) in [5.41, 5.74) is 0. The SMILES string of the molecule is O=C(CN1CCSC1=O)NCCOc1ccc2ccccc2c1. The van der Waals surface area contributed by atoms with Gasteiger partial charge in [0, 0.05) is 12.3 Å². The molecule has 2 aromatic carbocycles. The molecule has 1 fully saturated rings. The summed E-state index contributed by atoms with van der Waals surface area (Å²) >= 11 is 1.26. The number of carbonyl (C=O) groups is 2. The minimum Gasteiger partial charge on any atom is -0.492 e. The number of amides is 2. The molecule has 2 amide bonds. The van der Waals surface area contributed by atoms with Gasteiger partial charge in [0.05, 0.1) is 6.54 Å². The summed E-state index contributed by atoms with van der Waals surface area (Å²) in [4.78, 5) is 24.7. The number of fused-ring (bicyclic) bond motifs is 1. The Hall–Kier alpha value is -2.21. The van der Waals surface area contributed by atoms with Crippen molar-refractivity contribution >= 4 is 33.7 Å². The molecule has 3 rings (SSSR count). The third-order valence-corrected chi connectivity index (χ3v) is 4.49. The second kappa shape index (κ2) is 7.37. The minimum atomic E-state index is -0.150. The molecular formula is C17H18N2O3S. The van der Waals surface area contributed by atoms with Crippen LogP contribution in [0.25, 0.3) is 10.8 Å². The second-order valence-corrected chi connectivity index (χ2v) is 6.29. The first-order valence-corrected chi connectivity index (χ1v) is 8.51. The maximum Gasteiger partial charge on any atom is 0.282 e. The van der Waals surface area contributed by atoms with Crippen molar-refractivity contribution in [2.45, 2.75) is 0 Å². The van der Waals surface area contributed by atoms with Crippen molar-refractivity contribution in [3.05, 3.63) is 42.5 Å². The Morgan fingerprint density at radius 3 is 2.83 bits per heavy atom. The quantitative estimate of drug-likeness (QED) is 0.827. The molecule has 0 aromatic heterocycles. The number of hydrogen-bond acceptors (Lipinski definition) is 4. The fraction of sp³-hybridized carbons (Fsp3) is 0.294. The van der Waals surface area contributed by atoms with Crippen LogP contribution in [-0.2, 0) is 4.79 Å². The molecule has 2 aromatic rings. The van der Waals surface area contributed by atoms with Gasteiger partial charge in [0.1, 0.15) is 18.9 Å². The van der Waals surface area contributed by atoms with Crippen LogP contribution in [-0.4, -0.2) is 48.0 Å². The number of hydrogen-bond donors (Lipinski definition) is 1. The maximum atomic E-state index is 11.8. The molecule has 0 spiro atoms. The Morgan fingerprint density at radius 2 is 2.04 bits per heavy atom. The molecule has 0 bridgehead atoms. The van der Waals surface area contributed by atoms with Gasteiger partial charge in [-0.25, -0.2) is 0 Å². The number of nitrogens with one attached hydrogen (secondary N) is 1. The normalized spacial score (nSPS) is 14.3.